The minimum Gasteiger partial charge on any atom is -0.367 e. The molecule has 0 aliphatic carbocycles. The number of primary amides is 1. The number of aryl methyl sites for hydroxylation is 1. The van der Waals surface area contributed by atoms with E-state index in [0.29, 0.717) is 13.2 Å². The number of carbonyl (C=O) groups excluding carboxylic acids is 1. The first-order chi connectivity index (χ1) is 9.03. The molecular weight excluding hydrogens is 244 g/mol. The van der Waals surface area contributed by atoms with E-state index in [0.717, 1.165) is 31.6 Å². The van der Waals surface area contributed by atoms with Gasteiger partial charge in [0, 0.05) is 37.9 Å². The molecule has 6 nitrogen and oxygen atoms in total. The second kappa shape index (κ2) is 5.71. The molecule has 1 atom stereocenters. The van der Waals surface area contributed by atoms with Crippen LogP contribution in [0.4, 0.5) is 0 Å². The Morgan fingerprint density at radius 2 is 2.42 bits per heavy atom. The number of nitrogens with zero attached hydrogens (tertiary/aromatic N) is 3. The van der Waals surface area contributed by atoms with Crippen molar-refractivity contribution in [3.8, 4) is 0 Å². The number of nitrogens with two attached hydrogens (primary N) is 1. The Morgan fingerprint density at radius 1 is 1.63 bits per heavy atom. The van der Waals surface area contributed by atoms with Gasteiger partial charge in [-0.25, -0.2) is 0 Å². The summed E-state index contributed by atoms with van der Waals surface area (Å²) in [5.41, 5.74) is 5.67. The van der Waals surface area contributed by atoms with Crippen LogP contribution in [0.15, 0.2) is 12.4 Å². The lowest BCUT2D eigenvalue weighted by Gasteiger charge is -2.38. The number of carbonyl (C=O) groups is 1. The Kier molecular flexibility index (Phi) is 4.21. The van der Waals surface area contributed by atoms with Gasteiger partial charge in [-0.1, -0.05) is 6.92 Å². The third-order valence-corrected chi connectivity index (χ3v) is 3.42. The van der Waals surface area contributed by atoms with Gasteiger partial charge in [0.25, 0.3) is 5.91 Å². The van der Waals surface area contributed by atoms with E-state index >= 15 is 0 Å². The van der Waals surface area contributed by atoms with Gasteiger partial charge < -0.3 is 10.5 Å². The standard InChI is InChI=1S/C13H22N4O2/c1-3-4-17-9-11(7-15-17)8-16-5-6-19-13(2,10-16)12(14)18/h7,9H,3-6,8,10H2,1-2H3,(H2,14,18)/t13-/m0/s1. The van der Waals surface area contributed by atoms with Crippen LogP contribution in [0.5, 0.6) is 0 Å². The molecule has 0 saturated carbocycles. The van der Waals surface area contributed by atoms with E-state index in [9.17, 15) is 4.79 Å². The molecule has 0 radical (unpaired) electrons. The molecule has 1 aromatic rings. The fourth-order valence-corrected chi connectivity index (χ4v) is 2.33. The predicted octanol–water partition coefficient (Wildman–Crippen LogP) is 0.369. The van der Waals surface area contributed by atoms with Gasteiger partial charge >= 0.3 is 0 Å². The Morgan fingerprint density at radius 3 is 3.11 bits per heavy atom. The minimum atomic E-state index is -0.877. The molecule has 2 heterocycles. The Balaban J connectivity index is 1.96. The van der Waals surface area contributed by atoms with Gasteiger partial charge in [-0.15, -0.1) is 0 Å². The van der Waals surface area contributed by atoms with Crippen LogP contribution in [-0.2, 0) is 22.6 Å². The number of hydrogen-bond acceptors (Lipinski definition) is 4. The first kappa shape index (κ1) is 14.0. The quantitative estimate of drug-likeness (QED) is 0.835. The topological polar surface area (TPSA) is 73.4 Å². The van der Waals surface area contributed by atoms with Crippen molar-refractivity contribution in [2.45, 2.75) is 39.0 Å². The maximum absolute atomic E-state index is 11.4. The highest BCUT2D eigenvalue weighted by atomic mass is 16.5. The average molecular weight is 266 g/mol. The minimum absolute atomic E-state index is 0.404. The lowest BCUT2D eigenvalue weighted by atomic mass is 10.0. The number of amides is 1. The maximum atomic E-state index is 11.4. The zero-order valence-corrected chi connectivity index (χ0v) is 11.6. The van der Waals surface area contributed by atoms with Gasteiger partial charge in [-0.2, -0.15) is 5.10 Å². The van der Waals surface area contributed by atoms with Crippen LogP contribution in [0.3, 0.4) is 0 Å². The van der Waals surface area contributed by atoms with Gasteiger partial charge in [0.1, 0.15) is 0 Å². The van der Waals surface area contributed by atoms with Crippen LogP contribution >= 0.6 is 0 Å². The van der Waals surface area contributed by atoms with E-state index < -0.39 is 11.5 Å². The number of ether oxygens (including phenoxy) is 1. The molecule has 2 N–H and O–H groups in total. The fourth-order valence-electron chi connectivity index (χ4n) is 2.33. The highest BCUT2D eigenvalue weighted by Gasteiger charge is 2.37. The van der Waals surface area contributed by atoms with E-state index in [-0.39, 0.29) is 0 Å². The average Bonchev–Trinajstić information content (AvgIpc) is 2.77. The SMILES string of the molecule is CCCn1cc(CN2CCO[C@](C)(C(N)=O)C2)cn1. The Labute approximate surface area is 113 Å². The van der Waals surface area contributed by atoms with Crippen LogP contribution in [0.25, 0.3) is 0 Å². The molecule has 1 aliphatic rings. The summed E-state index contributed by atoms with van der Waals surface area (Å²) in [6.45, 7) is 7.45. The van der Waals surface area contributed by atoms with E-state index in [1.165, 1.54) is 0 Å². The van der Waals surface area contributed by atoms with Gasteiger partial charge in [0.05, 0.1) is 12.8 Å². The van der Waals surface area contributed by atoms with Crippen molar-refractivity contribution >= 4 is 5.91 Å². The zero-order valence-electron chi connectivity index (χ0n) is 11.6. The fraction of sp³-hybridized carbons (Fsp3) is 0.692. The summed E-state index contributed by atoms with van der Waals surface area (Å²) in [6, 6.07) is 0. The predicted molar refractivity (Wildman–Crippen MR) is 71.3 cm³/mol. The van der Waals surface area contributed by atoms with Crippen LogP contribution < -0.4 is 5.73 Å². The number of hydrogen-bond donors (Lipinski definition) is 1. The number of aromatic nitrogens is 2. The summed E-state index contributed by atoms with van der Waals surface area (Å²) < 4.78 is 7.45. The summed E-state index contributed by atoms with van der Waals surface area (Å²) in [5.74, 6) is -0.404. The summed E-state index contributed by atoms with van der Waals surface area (Å²) in [7, 11) is 0. The lowest BCUT2D eigenvalue weighted by molar-refractivity contribution is -0.153. The largest absolute Gasteiger partial charge is 0.367 e. The highest BCUT2D eigenvalue weighted by molar-refractivity contribution is 5.83. The molecular formula is C13H22N4O2. The molecule has 19 heavy (non-hydrogen) atoms. The van der Waals surface area contributed by atoms with Crippen molar-refractivity contribution in [1.29, 1.82) is 0 Å². The summed E-state index contributed by atoms with van der Waals surface area (Å²) in [6.07, 6.45) is 5.01. The van der Waals surface area contributed by atoms with Gasteiger partial charge in [-0.05, 0) is 13.3 Å². The van der Waals surface area contributed by atoms with E-state index in [1.807, 2.05) is 10.9 Å². The molecule has 0 spiro atoms. The zero-order chi connectivity index (χ0) is 13.9. The summed E-state index contributed by atoms with van der Waals surface area (Å²) >= 11 is 0. The monoisotopic (exact) mass is 266 g/mol. The van der Waals surface area contributed by atoms with Gasteiger partial charge in [-0.3, -0.25) is 14.4 Å². The van der Waals surface area contributed by atoms with Gasteiger partial charge in [0.2, 0.25) is 0 Å². The summed E-state index contributed by atoms with van der Waals surface area (Å²) in [4.78, 5) is 13.6. The highest BCUT2D eigenvalue weighted by Crippen LogP contribution is 2.18. The van der Waals surface area contributed by atoms with Crippen molar-refractivity contribution in [1.82, 2.24) is 14.7 Å². The molecule has 0 aromatic carbocycles. The molecule has 1 fully saturated rings. The molecule has 1 saturated heterocycles. The smallest absolute Gasteiger partial charge is 0.250 e. The molecule has 6 heteroatoms. The number of morpholine rings is 1. The van der Waals surface area contributed by atoms with Crippen LogP contribution in [-0.4, -0.2) is 45.9 Å². The van der Waals surface area contributed by atoms with Crippen molar-refractivity contribution in [3.05, 3.63) is 18.0 Å². The Bertz CT molecular complexity index is 446. The van der Waals surface area contributed by atoms with Crippen molar-refractivity contribution < 1.29 is 9.53 Å². The van der Waals surface area contributed by atoms with E-state index in [4.69, 9.17) is 10.5 Å². The molecule has 1 amide bonds. The maximum Gasteiger partial charge on any atom is 0.250 e. The van der Waals surface area contributed by atoms with Crippen LogP contribution in [0.2, 0.25) is 0 Å². The molecule has 2 rings (SSSR count). The molecule has 1 aromatic heterocycles. The van der Waals surface area contributed by atoms with Gasteiger partial charge in [0.15, 0.2) is 5.60 Å². The normalized spacial score (nSPS) is 24.5. The summed E-state index contributed by atoms with van der Waals surface area (Å²) in [5, 5.41) is 4.31. The van der Waals surface area contributed by atoms with E-state index in [2.05, 4.69) is 23.1 Å². The first-order valence-corrected chi connectivity index (χ1v) is 6.71. The molecule has 1 aliphatic heterocycles. The lowest BCUT2D eigenvalue weighted by Crippen LogP contribution is -2.56. The first-order valence-electron chi connectivity index (χ1n) is 6.71. The van der Waals surface area contributed by atoms with Crippen LogP contribution in [0.1, 0.15) is 25.8 Å². The van der Waals surface area contributed by atoms with Crippen LogP contribution in [0, 0.1) is 0 Å². The van der Waals surface area contributed by atoms with Crippen molar-refractivity contribution in [3.63, 3.8) is 0 Å². The molecule has 0 bridgehead atoms. The third kappa shape index (κ3) is 3.33. The molecule has 0 unspecified atom stereocenters. The van der Waals surface area contributed by atoms with Crippen molar-refractivity contribution in [2.24, 2.45) is 5.73 Å². The molecule has 106 valence electrons. The third-order valence-electron chi connectivity index (χ3n) is 3.42. The second-order valence-electron chi connectivity index (χ2n) is 5.27. The Hall–Kier alpha value is -1.40. The van der Waals surface area contributed by atoms with Crippen molar-refractivity contribution in [2.75, 3.05) is 19.7 Å². The van der Waals surface area contributed by atoms with E-state index in [1.54, 1.807) is 6.92 Å². The second-order valence-corrected chi connectivity index (χ2v) is 5.27. The number of rotatable bonds is 5.